The number of rotatable bonds is 30. The lowest BCUT2D eigenvalue weighted by molar-refractivity contribution is -0.387. The molecule has 7 unspecified atom stereocenters. The van der Waals surface area contributed by atoms with Crippen molar-refractivity contribution in [1.82, 2.24) is 0 Å². The average Bonchev–Trinajstić information content (AvgIpc) is 1.55. The molecule has 6 N–H and O–H groups in total. The number of carbonyl (C=O) groups is 4. The quantitative estimate of drug-likeness (QED) is 0.0222. The Morgan fingerprint density at radius 1 is 0.624 bits per heavy atom. The van der Waals surface area contributed by atoms with Crippen LogP contribution in [0, 0.1) is 98.6 Å². The molecule has 4 fully saturated rings. The molecule has 0 radical (unpaired) electrons. The molecule has 0 aromatic heterocycles. The van der Waals surface area contributed by atoms with Crippen molar-refractivity contribution in [3.8, 4) is 0 Å². The molecule has 17 heteroatoms. The van der Waals surface area contributed by atoms with Gasteiger partial charge in [0.2, 0.25) is 0 Å². The minimum atomic E-state index is -1.27. The van der Waals surface area contributed by atoms with Gasteiger partial charge in [0, 0.05) is 59.7 Å². The lowest BCUT2D eigenvalue weighted by Gasteiger charge is -2.68. The van der Waals surface area contributed by atoms with Crippen LogP contribution >= 0.6 is 0 Å². The third-order valence-corrected chi connectivity index (χ3v) is 25.9. The van der Waals surface area contributed by atoms with Crippen LogP contribution in [0.1, 0.15) is 274 Å². The Morgan fingerprint density at radius 3 is 1.48 bits per heavy atom. The summed E-state index contributed by atoms with van der Waals surface area (Å²) in [6, 6.07) is 0. The lowest BCUT2D eigenvalue weighted by Crippen LogP contribution is -2.78. The number of aliphatic hydroxyl groups is 6. The number of aliphatic hydroxyl groups excluding tert-OH is 5. The topological polar surface area (TPSA) is 254 Å². The summed E-state index contributed by atoms with van der Waals surface area (Å²) in [6.07, 6.45) is -0.638. The van der Waals surface area contributed by atoms with E-state index < -0.39 is 88.4 Å². The molecule has 3 aliphatic carbocycles. The van der Waals surface area contributed by atoms with E-state index in [0.717, 1.165) is 52.7 Å². The molecule has 17 nitrogen and oxygen atoms in total. The van der Waals surface area contributed by atoms with Crippen LogP contribution in [-0.4, -0.2) is 146 Å². The van der Waals surface area contributed by atoms with Crippen molar-refractivity contribution in [1.29, 1.82) is 0 Å². The number of hydrogen-bond donors (Lipinski definition) is 6. The maximum Gasteiger partial charge on any atom is 0.335 e. The van der Waals surface area contributed by atoms with Crippen LogP contribution in [0.5, 0.6) is 0 Å². The summed E-state index contributed by atoms with van der Waals surface area (Å²) in [5, 5.41) is 65.6. The molecule has 2 aliphatic heterocycles. The van der Waals surface area contributed by atoms with E-state index in [-0.39, 0.29) is 103 Å². The fourth-order valence-corrected chi connectivity index (χ4v) is 18.2. The summed E-state index contributed by atoms with van der Waals surface area (Å²) < 4.78 is 43.1. The van der Waals surface area contributed by atoms with Gasteiger partial charge in [-0.25, -0.2) is 9.59 Å². The molecule has 5 aliphatic rings. The lowest BCUT2D eigenvalue weighted by atomic mass is 9.47. The molecular formula is C84H150O17. The van der Waals surface area contributed by atoms with Crippen LogP contribution in [0.15, 0.2) is 46.1 Å². The fraction of sp³-hybridized carbons (Fsp3) is 0.857. The van der Waals surface area contributed by atoms with Crippen molar-refractivity contribution in [2.75, 3.05) is 6.61 Å². The van der Waals surface area contributed by atoms with Gasteiger partial charge in [0.05, 0.1) is 48.6 Å². The second kappa shape index (κ2) is 37.3. The number of hydrogen-bond acceptors (Lipinski definition) is 17. The number of fused-ring (bicyclic) bond motifs is 3. The summed E-state index contributed by atoms with van der Waals surface area (Å²) >= 11 is 0. The third-order valence-electron chi connectivity index (χ3n) is 25.9. The Morgan fingerprint density at radius 2 is 1.07 bits per heavy atom. The average molecular weight is 1430 g/mol. The second-order valence-corrected chi connectivity index (χ2v) is 35.3. The minimum Gasteiger partial charge on any atom is -0.458 e. The maximum atomic E-state index is 13.4. The van der Waals surface area contributed by atoms with Gasteiger partial charge in [0.15, 0.2) is 24.1 Å². The second-order valence-electron chi connectivity index (χ2n) is 35.3. The normalized spacial score (nSPS) is 30.5. The highest BCUT2D eigenvalue weighted by atomic mass is 16.7. The van der Waals surface area contributed by atoms with Crippen LogP contribution in [0.25, 0.3) is 0 Å². The van der Waals surface area contributed by atoms with Crippen molar-refractivity contribution >= 4 is 23.9 Å². The molecule has 25 atom stereocenters. The van der Waals surface area contributed by atoms with Crippen molar-refractivity contribution in [3.05, 3.63) is 46.1 Å². The van der Waals surface area contributed by atoms with Crippen LogP contribution < -0.4 is 0 Å². The van der Waals surface area contributed by atoms with Gasteiger partial charge in [0.1, 0.15) is 24.4 Å². The predicted molar refractivity (Wildman–Crippen MR) is 404 cm³/mol. The summed E-state index contributed by atoms with van der Waals surface area (Å²) in [5.41, 5.74) is 1.29. The zero-order chi connectivity index (χ0) is 77.5. The molecule has 2 heterocycles. The minimum absolute atomic E-state index is 0. The van der Waals surface area contributed by atoms with Gasteiger partial charge in [-0.15, -0.1) is 0 Å². The summed E-state index contributed by atoms with van der Waals surface area (Å²) in [4.78, 5) is 51.0. The summed E-state index contributed by atoms with van der Waals surface area (Å²) in [6.45, 7) is 67.9. The van der Waals surface area contributed by atoms with E-state index in [0.29, 0.717) is 55.3 Å². The molecule has 0 aromatic carbocycles. The van der Waals surface area contributed by atoms with Crippen LogP contribution in [0.2, 0.25) is 0 Å². The van der Waals surface area contributed by atoms with E-state index in [1.165, 1.54) is 6.92 Å². The van der Waals surface area contributed by atoms with Crippen molar-refractivity contribution in [3.63, 3.8) is 0 Å². The van der Waals surface area contributed by atoms with E-state index >= 15 is 0 Å². The van der Waals surface area contributed by atoms with Gasteiger partial charge in [-0.2, -0.15) is 0 Å². The first kappa shape index (κ1) is 93.6. The highest BCUT2D eigenvalue weighted by Crippen LogP contribution is 2.72. The van der Waals surface area contributed by atoms with Crippen molar-refractivity contribution in [2.45, 2.75) is 359 Å². The van der Waals surface area contributed by atoms with Gasteiger partial charge in [0.25, 0.3) is 0 Å². The molecule has 0 aromatic rings. The first-order valence-corrected chi connectivity index (χ1v) is 38.3. The molecule has 101 heavy (non-hydrogen) atoms. The molecule has 588 valence electrons. The van der Waals surface area contributed by atoms with Crippen LogP contribution in [-0.2, 0) is 52.3 Å². The monoisotopic (exact) mass is 1430 g/mol. The van der Waals surface area contributed by atoms with E-state index in [4.69, 9.17) is 33.2 Å². The highest BCUT2D eigenvalue weighted by molar-refractivity contribution is 5.76. The summed E-state index contributed by atoms with van der Waals surface area (Å²) in [5.74, 6) is -1.27. The van der Waals surface area contributed by atoms with E-state index in [1.807, 2.05) is 96.9 Å². The Labute approximate surface area is 613 Å². The Kier molecular flexibility index (Phi) is 34.6. The molecular weight excluding hydrogens is 1280 g/mol. The molecule has 5 rings (SSSR count). The fourth-order valence-electron chi connectivity index (χ4n) is 18.2. The van der Waals surface area contributed by atoms with Crippen LogP contribution in [0.3, 0.4) is 0 Å². The van der Waals surface area contributed by atoms with E-state index in [2.05, 4.69) is 117 Å². The molecule has 2 saturated carbocycles. The molecule has 0 amide bonds. The van der Waals surface area contributed by atoms with Crippen LogP contribution in [0.4, 0.5) is 0 Å². The largest absolute Gasteiger partial charge is 0.458 e. The van der Waals surface area contributed by atoms with Gasteiger partial charge < -0.3 is 63.8 Å². The highest BCUT2D eigenvalue weighted by Gasteiger charge is 2.78. The van der Waals surface area contributed by atoms with Gasteiger partial charge in [-0.3, -0.25) is 9.59 Å². The van der Waals surface area contributed by atoms with E-state index in [9.17, 15) is 49.8 Å². The van der Waals surface area contributed by atoms with Crippen molar-refractivity contribution < 1.29 is 83.0 Å². The van der Waals surface area contributed by atoms with Gasteiger partial charge >= 0.3 is 23.9 Å². The maximum absolute atomic E-state index is 13.4. The van der Waals surface area contributed by atoms with Gasteiger partial charge in [-0.05, 0) is 164 Å². The Bertz CT molecular complexity index is 2710. The molecule has 0 spiro atoms. The zero-order valence-electron chi connectivity index (χ0n) is 68.5. The summed E-state index contributed by atoms with van der Waals surface area (Å²) in [7, 11) is 0. The van der Waals surface area contributed by atoms with E-state index in [1.54, 1.807) is 13.0 Å². The standard InChI is InChI=1S/C35H54O9.C25H48O3.C23H44O5.CH4/c1-12-26-42-24-14-25-35(16-40-25,44-22(8)36)29-21(7)34(32(9,10)39)15-23(41-31(38)28(37)18(4)13-17(2)3)19(5)27(34)20(6)30(43-26)33(24,29)11;1-13-17(5)25(11,12)23(26)21(9)19(7)20(8)22(10)28-24(27)18(6)16(4)14-15(2)3;1-11-19(24)23(9,10)21(26)17(7)15(5)16(6)18(8)28-22(27)20(25)14(4)12-13(2)3;/h12,17-18,20-21,23-26,28-30,37,39H,1,13-16H2,2-11H3;15-18,21-23,26H,13-14H2,1-12H3;13-14,17-21,24-26H,11-12H2,1-10H3;1H4/b;20-19+;16-15+;/t18-,20-,21-,23?,24-,25+,26?,28?,29-,30-,33+,34+,35-;16-,17-,18?,21-,22?,23-;14-,17-,18?,19-,20?,21-;/m000./s1. The third kappa shape index (κ3) is 20.4. The zero-order valence-corrected chi connectivity index (χ0v) is 68.5. The Balaban J connectivity index is 0.000000538. The van der Waals surface area contributed by atoms with Gasteiger partial charge in [-0.1, -0.05) is 189 Å². The first-order valence-electron chi connectivity index (χ1n) is 38.3. The smallest absolute Gasteiger partial charge is 0.335 e. The molecule has 2 saturated heterocycles. The number of carbonyl (C=O) groups excluding carboxylic acids is 4. The number of ether oxygens (including phenoxy) is 7. The van der Waals surface area contributed by atoms with Crippen molar-refractivity contribution in [2.24, 2.45) is 98.6 Å². The SMILES string of the molecule is C.C=CC1O[C@H]2C[C@H]3OC[C@@]3(OC(C)=O)[C@H]3[C@H](C)[C@]4(C(C)(C)O)CC(OC(=O)C(O)[C@@H](C)CC(C)C)C(C)=C4[C@H](C)[C@H](O1)[C@]23C.CC[C@H](C)C(C)(C)[C@@H](O)[C@@H](C)/C(C)=C(\C)C(C)OC(=O)C(C)[C@@H](C)CC(C)C.CC[C@H](O)C(C)(C)[C@@H](O)[C@@H](C)/C(C)=C(\C)C(C)OC(=O)C(O)[C@@H](C)CC(C)C. The predicted octanol–water partition coefficient (Wildman–Crippen LogP) is 16.1. The number of esters is 4. The Hall–Kier alpha value is -3.52. The molecule has 0 bridgehead atoms. The first-order chi connectivity index (χ1) is 45.7.